The van der Waals surface area contributed by atoms with Gasteiger partial charge in [0.05, 0.1) is 11.4 Å². The van der Waals surface area contributed by atoms with Crippen molar-refractivity contribution in [3.63, 3.8) is 0 Å². The number of nitrogens with two attached hydrogens (primary N) is 2. The monoisotopic (exact) mass is 177 g/mol. The van der Waals surface area contributed by atoms with Crippen molar-refractivity contribution in [1.82, 2.24) is 0 Å². The fourth-order valence-electron chi connectivity index (χ4n) is 1.78. The number of anilines is 2. The van der Waals surface area contributed by atoms with Crippen molar-refractivity contribution < 1.29 is 0 Å². The van der Waals surface area contributed by atoms with Crippen LogP contribution in [0.2, 0.25) is 0 Å². The Hall–Kier alpha value is -1.22. The van der Waals surface area contributed by atoms with E-state index in [4.69, 9.17) is 11.5 Å². The minimum absolute atomic E-state index is 0.305. The zero-order valence-corrected chi connectivity index (χ0v) is 7.61. The third kappa shape index (κ3) is 1.60. The zero-order valence-electron chi connectivity index (χ0n) is 7.61. The van der Waals surface area contributed by atoms with E-state index in [2.05, 4.69) is 4.90 Å². The molecule has 1 aliphatic rings. The third-order valence-corrected chi connectivity index (χ3v) is 2.50. The molecule has 70 valence electrons. The summed E-state index contributed by atoms with van der Waals surface area (Å²) in [6, 6.07) is 8.25. The van der Waals surface area contributed by atoms with Crippen molar-refractivity contribution in [3.8, 4) is 0 Å². The standard InChI is InChI=1S/C10H15N3/c11-8-5-6-13(7-8)10-4-2-1-3-9(10)12/h1-4,8H,5-7,11-12H2/t8-/m0/s1. The predicted octanol–water partition coefficient (Wildman–Crippen LogP) is 0.806. The van der Waals surface area contributed by atoms with Crippen molar-refractivity contribution >= 4 is 11.4 Å². The molecule has 0 radical (unpaired) electrons. The molecule has 0 saturated carbocycles. The van der Waals surface area contributed by atoms with E-state index in [1.807, 2.05) is 24.3 Å². The van der Waals surface area contributed by atoms with Gasteiger partial charge in [-0.15, -0.1) is 0 Å². The van der Waals surface area contributed by atoms with Crippen LogP contribution in [0.5, 0.6) is 0 Å². The summed E-state index contributed by atoms with van der Waals surface area (Å²) in [7, 11) is 0. The van der Waals surface area contributed by atoms with Crippen molar-refractivity contribution in [1.29, 1.82) is 0 Å². The summed E-state index contributed by atoms with van der Waals surface area (Å²) in [5.41, 5.74) is 13.7. The summed E-state index contributed by atoms with van der Waals surface area (Å²) in [6.07, 6.45) is 1.06. The van der Waals surface area contributed by atoms with Gasteiger partial charge in [-0.1, -0.05) is 12.1 Å². The molecule has 1 heterocycles. The minimum atomic E-state index is 0.305. The highest BCUT2D eigenvalue weighted by atomic mass is 15.2. The number of rotatable bonds is 1. The Morgan fingerprint density at radius 2 is 2.08 bits per heavy atom. The van der Waals surface area contributed by atoms with Crippen LogP contribution in [0, 0.1) is 0 Å². The van der Waals surface area contributed by atoms with Crippen molar-refractivity contribution in [2.45, 2.75) is 12.5 Å². The molecule has 1 fully saturated rings. The number of nitrogen functional groups attached to an aromatic ring is 1. The summed E-state index contributed by atoms with van der Waals surface area (Å²) >= 11 is 0. The highest BCUT2D eigenvalue weighted by molar-refractivity contribution is 5.67. The fraction of sp³-hybridized carbons (Fsp3) is 0.400. The van der Waals surface area contributed by atoms with Gasteiger partial charge in [0.2, 0.25) is 0 Å². The molecule has 1 aromatic carbocycles. The van der Waals surface area contributed by atoms with Gasteiger partial charge in [-0.2, -0.15) is 0 Å². The van der Waals surface area contributed by atoms with Gasteiger partial charge in [0.1, 0.15) is 0 Å². The van der Waals surface area contributed by atoms with Gasteiger partial charge >= 0.3 is 0 Å². The Morgan fingerprint density at radius 3 is 2.69 bits per heavy atom. The van der Waals surface area contributed by atoms with Gasteiger partial charge in [0, 0.05) is 19.1 Å². The summed E-state index contributed by atoms with van der Waals surface area (Å²) < 4.78 is 0. The van der Waals surface area contributed by atoms with E-state index in [0.717, 1.165) is 30.9 Å². The fourth-order valence-corrected chi connectivity index (χ4v) is 1.78. The van der Waals surface area contributed by atoms with Crippen LogP contribution in [-0.4, -0.2) is 19.1 Å². The second kappa shape index (κ2) is 3.26. The van der Waals surface area contributed by atoms with E-state index in [-0.39, 0.29) is 0 Å². The summed E-state index contributed by atoms with van der Waals surface area (Å²) in [5.74, 6) is 0. The van der Waals surface area contributed by atoms with Crippen molar-refractivity contribution in [2.24, 2.45) is 5.73 Å². The van der Waals surface area contributed by atoms with Crippen LogP contribution in [0.15, 0.2) is 24.3 Å². The SMILES string of the molecule is Nc1ccccc1N1CC[C@H](N)C1. The lowest BCUT2D eigenvalue weighted by atomic mass is 10.2. The van der Waals surface area contributed by atoms with Gasteiger partial charge in [0.15, 0.2) is 0 Å². The number of benzene rings is 1. The molecule has 4 N–H and O–H groups in total. The molecule has 0 bridgehead atoms. The lowest BCUT2D eigenvalue weighted by Gasteiger charge is -2.19. The summed E-state index contributed by atoms with van der Waals surface area (Å²) in [6.45, 7) is 1.95. The molecular weight excluding hydrogens is 162 g/mol. The molecule has 3 heteroatoms. The van der Waals surface area contributed by atoms with Crippen molar-refractivity contribution in [2.75, 3.05) is 23.7 Å². The maximum absolute atomic E-state index is 5.86. The third-order valence-electron chi connectivity index (χ3n) is 2.50. The second-order valence-corrected chi connectivity index (χ2v) is 3.55. The predicted molar refractivity (Wildman–Crippen MR) is 55.7 cm³/mol. The van der Waals surface area contributed by atoms with E-state index in [1.54, 1.807) is 0 Å². The Kier molecular flexibility index (Phi) is 2.10. The maximum Gasteiger partial charge on any atom is 0.0600 e. The van der Waals surface area contributed by atoms with E-state index in [9.17, 15) is 0 Å². The molecule has 1 saturated heterocycles. The quantitative estimate of drug-likeness (QED) is 0.624. The number of hydrogen-bond acceptors (Lipinski definition) is 3. The molecule has 1 aromatic rings. The van der Waals surface area contributed by atoms with Crippen LogP contribution in [0.3, 0.4) is 0 Å². The van der Waals surface area contributed by atoms with Crippen LogP contribution in [0.25, 0.3) is 0 Å². The smallest absolute Gasteiger partial charge is 0.0600 e. The molecule has 0 aromatic heterocycles. The van der Waals surface area contributed by atoms with Crippen LogP contribution < -0.4 is 16.4 Å². The first-order chi connectivity index (χ1) is 6.27. The Balaban J connectivity index is 2.21. The van der Waals surface area contributed by atoms with Crippen LogP contribution in [0.4, 0.5) is 11.4 Å². The normalized spacial score (nSPS) is 22.2. The molecule has 0 aliphatic carbocycles. The molecule has 0 unspecified atom stereocenters. The molecular formula is C10H15N3. The van der Waals surface area contributed by atoms with Gasteiger partial charge in [-0.05, 0) is 18.6 Å². The molecule has 1 aliphatic heterocycles. The summed E-state index contributed by atoms with van der Waals surface area (Å²) in [5, 5.41) is 0. The Morgan fingerprint density at radius 1 is 1.31 bits per heavy atom. The Bertz CT molecular complexity index is 298. The average Bonchev–Trinajstić information content (AvgIpc) is 2.53. The largest absolute Gasteiger partial charge is 0.397 e. The van der Waals surface area contributed by atoms with Gasteiger partial charge in [0.25, 0.3) is 0 Å². The highest BCUT2D eigenvalue weighted by Gasteiger charge is 2.20. The van der Waals surface area contributed by atoms with E-state index >= 15 is 0 Å². The number of nitrogens with zero attached hydrogens (tertiary/aromatic N) is 1. The first-order valence-electron chi connectivity index (χ1n) is 4.62. The van der Waals surface area contributed by atoms with E-state index < -0.39 is 0 Å². The van der Waals surface area contributed by atoms with Crippen LogP contribution in [0.1, 0.15) is 6.42 Å². The minimum Gasteiger partial charge on any atom is -0.397 e. The number of hydrogen-bond donors (Lipinski definition) is 2. The highest BCUT2D eigenvalue weighted by Crippen LogP contribution is 2.25. The molecule has 0 spiro atoms. The average molecular weight is 177 g/mol. The second-order valence-electron chi connectivity index (χ2n) is 3.55. The van der Waals surface area contributed by atoms with Gasteiger partial charge in [-0.3, -0.25) is 0 Å². The maximum atomic E-state index is 5.86. The molecule has 2 rings (SSSR count). The lowest BCUT2D eigenvalue weighted by molar-refractivity contribution is 0.752. The topological polar surface area (TPSA) is 55.3 Å². The van der Waals surface area contributed by atoms with Gasteiger partial charge < -0.3 is 16.4 Å². The lowest BCUT2D eigenvalue weighted by Crippen LogP contribution is -2.26. The summed E-state index contributed by atoms with van der Waals surface area (Å²) in [4.78, 5) is 2.25. The molecule has 1 atom stereocenters. The molecule has 3 nitrogen and oxygen atoms in total. The van der Waals surface area contributed by atoms with Crippen LogP contribution in [-0.2, 0) is 0 Å². The van der Waals surface area contributed by atoms with Crippen molar-refractivity contribution in [3.05, 3.63) is 24.3 Å². The number of para-hydroxylation sites is 2. The first-order valence-corrected chi connectivity index (χ1v) is 4.62. The molecule has 0 amide bonds. The van der Waals surface area contributed by atoms with E-state index in [0.29, 0.717) is 6.04 Å². The van der Waals surface area contributed by atoms with Crippen LogP contribution >= 0.6 is 0 Å². The molecule has 13 heavy (non-hydrogen) atoms. The van der Waals surface area contributed by atoms with E-state index in [1.165, 1.54) is 0 Å². The first kappa shape index (κ1) is 8.38. The zero-order chi connectivity index (χ0) is 9.26. The van der Waals surface area contributed by atoms with Gasteiger partial charge in [-0.25, -0.2) is 0 Å². The Labute approximate surface area is 78.3 Å².